The van der Waals surface area contributed by atoms with Crippen molar-refractivity contribution in [3.05, 3.63) is 29.8 Å². The number of hydrogen-bond acceptors (Lipinski definition) is 5. The van der Waals surface area contributed by atoms with E-state index in [1.165, 1.54) is 7.11 Å². The fraction of sp³-hybridized carbons (Fsp3) is 0.500. The maximum atomic E-state index is 12.7. The van der Waals surface area contributed by atoms with Gasteiger partial charge in [-0.3, -0.25) is 4.79 Å². The molecule has 0 saturated carbocycles. The average molecular weight is 313 g/mol. The molecule has 0 bridgehead atoms. The molecule has 1 saturated heterocycles. The minimum Gasteiger partial charge on any atom is -0.468 e. The lowest BCUT2D eigenvalue weighted by Crippen LogP contribution is -2.52. The normalized spacial score (nSPS) is 20.2. The zero-order valence-electron chi connectivity index (χ0n) is 12.1. The summed E-state index contributed by atoms with van der Waals surface area (Å²) in [4.78, 5) is 11.9. The Morgan fingerprint density at radius 1 is 1.38 bits per heavy atom. The average Bonchev–Trinajstić information content (AvgIpc) is 2.54. The highest BCUT2D eigenvalue weighted by atomic mass is 32.2. The molecule has 1 heterocycles. The van der Waals surface area contributed by atoms with Crippen molar-refractivity contribution in [2.24, 2.45) is 0 Å². The van der Waals surface area contributed by atoms with E-state index < -0.39 is 22.0 Å². The number of sulfonamides is 1. The molecule has 0 radical (unpaired) electrons. The zero-order valence-corrected chi connectivity index (χ0v) is 12.9. The van der Waals surface area contributed by atoms with Crippen LogP contribution < -0.4 is 0 Å². The standard InChI is InChI=1S/C14H19NO5S/c1-3-11-4-6-12(7-5-11)21(17,18)15-8-9-20-10-13(15)14(16)19-2/h4-7,13H,3,8-10H2,1-2H3. The van der Waals surface area contributed by atoms with Gasteiger partial charge in [0.2, 0.25) is 10.0 Å². The number of benzene rings is 1. The Hall–Kier alpha value is -1.44. The summed E-state index contributed by atoms with van der Waals surface area (Å²) in [5.74, 6) is -0.608. The number of nitrogens with zero attached hydrogens (tertiary/aromatic N) is 1. The number of aryl methyl sites for hydroxylation is 1. The first-order valence-corrected chi connectivity index (χ1v) is 8.21. The zero-order chi connectivity index (χ0) is 15.5. The molecule has 116 valence electrons. The molecule has 0 spiro atoms. The predicted molar refractivity (Wildman–Crippen MR) is 76.3 cm³/mol. The van der Waals surface area contributed by atoms with E-state index in [9.17, 15) is 13.2 Å². The third-order valence-corrected chi connectivity index (χ3v) is 5.41. The molecule has 0 aliphatic carbocycles. The first-order valence-electron chi connectivity index (χ1n) is 6.77. The summed E-state index contributed by atoms with van der Waals surface area (Å²) in [6.45, 7) is 2.41. The molecule has 6 nitrogen and oxygen atoms in total. The van der Waals surface area contributed by atoms with Crippen molar-refractivity contribution in [3.63, 3.8) is 0 Å². The Kier molecular flexibility index (Phi) is 4.97. The molecule has 2 rings (SSSR count). The highest BCUT2D eigenvalue weighted by Crippen LogP contribution is 2.21. The summed E-state index contributed by atoms with van der Waals surface area (Å²) in [7, 11) is -2.50. The van der Waals surface area contributed by atoms with E-state index in [0.717, 1.165) is 16.3 Å². The van der Waals surface area contributed by atoms with Gasteiger partial charge < -0.3 is 9.47 Å². The molecule has 1 atom stereocenters. The van der Waals surface area contributed by atoms with Gasteiger partial charge in [-0.15, -0.1) is 0 Å². The Morgan fingerprint density at radius 3 is 2.62 bits per heavy atom. The van der Waals surface area contributed by atoms with Crippen LogP contribution in [0.2, 0.25) is 0 Å². The quantitative estimate of drug-likeness (QED) is 0.769. The van der Waals surface area contributed by atoms with E-state index in [-0.39, 0.29) is 24.7 Å². The van der Waals surface area contributed by atoms with Gasteiger partial charge in [0.25, 0.3) is 0 Å². The van der Waals surface area contributed by atoms with E-state index in [0.29, 0.717) is 0 Å². The number of ether oxygens (including phenoxy) is 2. The SMILES string of the molecule is CCc1ccc(S(=O)(=O)N2CCOCC2C(=O)OC)cc1. The van der Waals surface area contributed by atoms with Crippen molar-refractivity contribution in [1.82, 2.24) is 4.31 Å². The molecule has 0 amide bonds. The van der Waals surface area contributed by atoms with Gasteiger partial charge in [0.15, 0.2) is 0 Å². The van der Waals surface area contributed by atoms with Crippen LogP contribution in [0.15, 0.2) is 29.2 Å². The third kappa shape index (κ3) is 3.25. The van der Waals surface area contributed by atoms with E-state index in [1.807, 2.05) is 6.92 Å². The van der Waals surface area contributed by atoms with Crippen LogP contribution in [-0.2, 0) is 30.7 Å². The van der Waals surface area contributed by atoms with Crippen molar-refractivity contribution in [1.29, 1.82) is 0 Å². The third-order valence-electron chi connectivity index (χ3n) is 3.49. The highest BCUT2D eigenvalue weighted by Gasteiger charge is 2.38. The minimum absolute atomic E-state index is 0.0128. The number of rotatable bonds is 4. The van der Waals surface area contributed by atoms with Gasteiger partial charge >= 0.3 is 5.97 Å². The van der Waals surface area contributed by atoms with Crippen LogP contribution >= 0.6 is 0 Å². The highest BCUT2D eigenvalue weighted by molar-refractivity contribution is 7.89. The number of hydrogen-bond donors (Lipinski definition) is 0. The van der Waals surface area contributed by atoms with Crippen LogP contribution in [0.5, 0.6) is 0 Å². The summed E-state index contributed by atoms with van der Waals surface area (Å²) in [6, 6.07) is 5.76. The van der Waals surface area contributed by atoms with Crippen molar-refractivity contribution >= 4 is 16.0 Å². The molecule has 7 heteroatoms. The number of carbonyl (C=O) groups excluding carboxylic acids is 1. The van der Waals surface area contributed by atoms with Crippen LogP contribution in [0.1, 0.15) is 12.5 Å². The van der Waals surface area contributed by atoms with Crippen LogP contribution in [-0.4, -0.2) is 51.6 Å². The molecular weight excluding hydrogens is 294 g/mol. The number of carbonyl (C=O) groups is 1. The summed E-state index contributed by atoms with van der Waals surface area (Å²) in [6.07, 6.45) is 0.836. The molecule has 1 aromatic carbocycles. The van der Waals surface area contributed by atoms with E-state index in [4.69, 9.17) is 4.74 Å². The summed E-state index contributed by atoms with van der Waals surface area (Å²) < 4.78 is 36.4. The van der Waals surface area contributed by atoms with Gasteiger partial charge in [-0.1, -0.05) is 19.1 Å². The van der Waals surface area contributed by atoms with Gasteiger partial charge in [-0.05, 0) is 24.1 Å². The molecule has 1 unspecified atom stereocenters. The number of methoxy groups -OCH3 is 1. The number of morpholine rings is 1. The monoisotopic (exact) mass is 313 g/mol. The lowest BCUT2D eigenvalue weighted by Gasteiger charge is -2.32. The van der Waals surface area contributed by atoms with E-state index in [2.05, 4.69) is 4.74 Å². The van der Waals surface area contributed by atoms with E-state index in [1.54, 1.807) is 24.3 Å². The molecular formula is C14H19NO5S. The summed E-state index contributed by atoms with van der Waals surface area (Å²) >= 11 is 0. The second-order valence-electron chi connectivity index (χ2n) is 4.73. The van der Waals surface area contributed by atoms with E-state index >= 15 is 0 Å². The maximum Gasteiger partial charge on any atom is 0.326 e. The Morgan fingerprint density at radius 2 is 2.05 bits per heavy atom. The van der Waals surface area contributed by atoms with Gasteiger partial charge in [-0.25, -0.2) is 8.42 Å². The van der Waals surface area contributed by atoms with Crippen LogP contribution in [0.3, 0.4) is 0 Å². The fourth-order valence-electron chi connectivity index (χ4n) is 2.23. The largest absolute Gasteiger partial charge is 0.468 e. The van der Waals surface area contributed by atoms with Gasteiger partial charge in [0, 0.05) is 6.54 Å². The molecule has 0 aromatic heterocycles. The van der Waals surface area contributed by atoms with Gasteiger partial charge in [-0.2, -0.15) is 4.31 Å². The second kappa shape index (κ2) is 6.55. The Balaban J connectivity index is 2.33. The lowest BCUT2D eigenvalue weighted by atomic mass is 10.2. The minimum atomic E-state index is -3.74. The van der Waals surface area contributed by atoms with Crippen LogP contribution in [0.25, 0.3) is 0 Å². The topological polar surface area (TPSA) is 72.9 Å². The molecule has 1 fully saturated rings. The second-order valence-corrected chi connectivity index (χ2v) is 6.62. The molecule has 21 heavy (non-hydrogen) atoms. The first kappa shape index (κ1) is 15.9. The van der Waals surface area contributed by atoms with Crippen molar-refractivity contribution < 1.29 is 22.7 Å². The molecule has 0 N–H and O–H groups in total. The Bertz CT molecular complexity index is 596. The molecule has 1 aliphatic heterocycles. The predicted octanol–water partition coefficient (Wildman–Crippen LogP) is 0.811. The molecule has 1 aromatic rings. The first-order chi connectivity index (χ1) is 10.0. The van der Waals surface area contributed by atoms with Crippen molar-refractivity contribution in [2.75, 3.05) is 26.9 Å². The van der Waals surface area contributed by atoms with Gasteiger partial charge in [0.05, 0.1) is 25.2 Å². The Labute approximate surface area is 124 Å². The summed E-state index contributed by atoms with van der Waals surface area (Å²) in [5.41, 5.74) is 1.06. The fourth-order valence-corrected chi connectivity index (χ4v) is 3.78. The molecule has 1 aliphatic rings. The van der Waals surface area contributed by atoms with Crippen molar-refractivity contribution in [3.8, 4) is 0 Å². The van der Waals surface area contributed by atoms with Crippen molar-refractivity contribution in [2.45, 2.75) is 24.3 Å². The number of esters is 1. The maximum absolute atomic E-state index is 12.7. The van der Waals surface area contributed by atoms with Gasteiger partial charge in [0.1, 0.15) is 6.04 Å². The summed E-state index contributed by atoms with van der Waals surface area (Å²) in [5, 5.41) is 0. The lowest BCUT2D eigenvalue weighted by molar-refractivity contribution is -0.149. The van der Waals surface area contributed by atoms with Crippen LogP contribution in [0.4, 0.5) is 0 Å². The smallest absolute Gasteiger partial charge is 0.326 e. The van der Waals surface area contributed by atoms with Crippen LogP contribution in [0, 0.1) is 0 Å².